The molecule has 8 rings (SSSR count). The van der Waals surface area contributed by atoms with E-state index in [0.29, 0.717) is 51.4 Å². The molecule has 5 aromatic heterocycles. The van der Waals surface area contributed by atoms with Gasteiger partial charge in [0.2, 0.25) is 0 Å². The van der Waals surface area contributed by atoms with Crippen molar-refractivity contribution in [2.24, 2.45) is 0 Å². The minimum absolute atomic E-state index is 0.367. The van der Waals surface area contributed by atoms with E-state index in [1.54, 1.807) is 6.07 Å². The quantitative estimate of drug-likeness (QED) is 0.102. The molecule has 6 heterocycles. The van der Waals surface area contributed by atoms with Crippen molar-refractivity contribution in [3.05, 3.63) is 202 Å². The highest BCUT2D eigenvalue weighted by Gasteiger charge is 2.34. The van der Waals surface area contributed by atoms with E-state index >= 15 is 0 Å². The van der Waals surface area contributed by atoms with Gasteiger partial charge in [-0.2, -0.15) is 0 Å². The summed E-state index contributed by atoms with van der Waals surface area (Å²) in [7, 11) is 0. The summed E-state index contributed by atoms with van der Waals surface area (Å²) in [5, 5.41) is 0.904. The molecule has 0 amide bonds. The van der Waals surface area contributed by atoms with Crippen molar-refractivity contribution in [1.29, 1.82) is 0 Å². The molecule has 0 spiro atoms. The third-order valence-electron chi connectivity index (χ3n) is 10.2. The van der Waals surface area contributed by atoms with Crippen LogP contribution in [0.2, 0.25) is 0 Å². The van der Waals surface area contributed by atoms with Crippen molar-refractivity contribution in [2.45, 2.75) is 58.7 Å². The smallest absolute Gasteiger partial charge is 0.336 e. The molecule has 7 aromatic rings. The highest BCUT2D eigenvalue weighted by atomic mass is 16.4. The lowest BCUT2D eigenvalue weighted by Gasteiger charge is -2.44. The molecule has 56 heavy (non-hydrogen) atoms. The van der Waals surface area contributed by atoms with Crippen LogP contribution in [0.3, 0.4) is 0 Å². The molecule has 0 fully saturated rings. The molecule has 0 N–H and O–H groups in total. The van der Waals surface area contributed by atoms with Gasteiger partial charge in [0.05, 0.1) is 28.3 Å². The molecule has 9 heteroatoms. The SMILES string of the molecule is CC1(C)C=C(CN(Cc2ccccn2)Cc2ccccn2)c2cc3c(CN(Cc4ccccn4)Cc4ccccn4)cc(=O)oc3cc2N1Cc1ccccc1. The number of nitrogens with zero attached hydrogens (tertiary/aromatic N) is 7. The van der Waals surface area contributed by atoms with E-state index in [2.05, 4.69) is 103 Å². The van der Waals surface area contributed by atoms with Crippen molar-refractivity contribution >= 4 is 22.2 Å². The van der Waals surface area contributed by atoms with Crippen molar-refractivity contribution in [3.8, 4) is 0 Å². The van der Waals surface area contributed by atoms with E-state index in [0.717, 1.165) is 45.0 Å². The second-order valence-corrected chi connectivity index (χ2v) is 14.9. The predicted molar refractivity (Wildman–Crippen MR) is 221 cm³/mol. The monoisotopic (exact) mass is 739 g/mol. The van der Waals surface area contributed by atoms with Crippen molar-refractivity contribution in [2.75, 3.05) is 11.4 Å². The zero-order valence-corrected chi connectivity index (χ0v) is 31.8. The number of hydrogen-bond donors (Lipinski definition) is 0. The van der Waals surface area contributed by atoms with Crippen LogP contribution in [-0.4, -0.2) is 41.8 Å². The van der Waals surface area contributed by atoms with Crippen molar-refractivity contribution in [3.63, 3.8) is 0 Å². The van der Waals surface area contributed by atoms with Crippen molar-refractivity contribution in [1.82, 2.24) is 29.7 Å². The Bertz CT molecular complexity index is 2380. The van der Waals surface area contributed by atoms with Crippen LogP contribution in [0, 0.1) is 0 Å². The largest absolute Gasteiger partial charge is 0.423 e. The van der Waals surface area contributed by atoms with Gasteiger partial charge in [-0.05, 0) is 85.1 Å². The van der Waals surface area contributed by atoms with E-state index in [4.69, 9.17) is 4.42 Å². The minimum atomic E-state index is -0.375. The number of pyridine rings is 4. The van der Waals surface area contributed by atoms with Crippen molar-refractivity contribution < 1.29 is 4.42 Å². The molecule has 0 atom stereocenters. The van der Waals surface area contributed by atoms with Crippen LogP contribution in [-0.2, 0) is 39.3 Å². The lowest BCUT2D eigenvalue weighted by molar-refractivity contribution is 0.242. The molecule has 0 saturated carbocycles. The van der Waals surface area contributed by atoms with Crippen LogP contribution in [0.4, 0.5) is 5.69 Å². The van der Waals surface area contributed by atoms with Gasteiger partial charge in [0.25, 0.3) is 0 Å². The van der Waals surface area contributed by atoms with Gasteiger partial charge in [0.15, 0.2) is 0 Å². The van der Waals surface area contributed by atoms with Crippen LogP contribution in [0.15, 0.2) is 161 Å². The summed E-state index contributed by atoms with van der Waals surface area (Å²) in [6.07, 6.45) is 9.73. The number of aromatic nitrogens is 4. The second kappa shape index (κ2) is 16.6. The molecule has 9 nitrogen and oxygen atoms in total. The van der Waals surface area contributed by atoms with Gasteiger partial charge >= 0.3 is 5.63 Å². The first-order valence-electron chi connectivity index (χ1n) is 19.1. The van der Waals surface area contributed by atoms with Gasteiger partial charge in [-0.3, -0.25) is 29.7 Å². The van der Waals surface area contributed by atoms with Crippen LogP contribution in [0.5, 0.6) is 0 Å². The average molecular weight is 740 g/mol. The maximum Gasteiger partial charge on any atom is 0.336 e. The third-order valence-corrected chi connectivity index (χ3v) is 10.2. The fourth-order valence-corrected chi connectivity index (χ4v) is 7.65. The zero-order valence-electron chi connectivity index (χ0n) is 31.8. The van der Waals surface area contributed by atoms with Gasteiger partial charge in [-0.15, -0.1) is 0 Å². The van der Waals surface area contributed by atoms with E-state index in [9.17, 15) is 4.79 Å². The van der Waals surface area contributed by atoms with E-state index in [1.165, 1.54) is 11.1 Å². The van der Waals surface area contributed by atoms with Gasteiger partial charge in [0.1, 0.15) is 5.58 Å². The number of anilines is 1. The highest BCUT2D eigenvalue weighted by molar-refractivity contribution is 5.93. The normalized spacial score (nSPS) is 13.6. The molecule has 0 radical (unpaired) electrons. The van der Waals surface area contributed by atoms with Gasteiger partial charge in [-0.25, -0.2) is 4.79 Å². The summed E-state index contributed by atoms with van der Waals surface area (Å²) < 4.78 is 6.06. The first-order chi connectivity index (χ1) is 27.4. The fraction of sp³-hybridized carbons (Fsp3) is 0.213. The van der Waals surface area contributed by atoms with Crippen LogP contribution < -0.4 is 10.5 Å². The zero-order chi connectivity index (χ0) is 38.3. The van der Waals surface area contributed by atoms with Gasteiger partial charge in [0, 0.05) is 99.4 Å². The molecule has 1 aliphatic heterocycles. The van der Waals surface area contributed by atoms with E-state index < -0.39 is 0 Å². The molecule has 280 valence electrons. The summed E-state index contributed by atoms with van der Waals surface area (Å²) in [4.78, 5) is 39.1. The number of hydrogen-bond acceptors (Lipinski definition) is 9. The summed E-state index contributed by atoms with van der Waals surface area (Å²) in [6.45, 7) is 8.84. The van der Waals surface area contributed by atoms with E-state index in [-0.39, 0.29) is 11.2 Å². The molecule has 2 aromatic carbocycles. The third kappa shape index (κ3) is 8.81. The Kier molecular flexibility index (Phi) is 10.9. The first kappa shape index (κ1) is 36.7. The summed E-state index contributed by atoms with van der Waals surface area (Å²) >= 11 is 0. The molecule has 0 bridgehead atoms. The fourth-order valence-electron chi connectivity index (χ4n) is 7.65. The number of rotatable bonds is 14. The van der Waals surface area contributed by atoms with Gasteiger partial charge in [-0.1, -0.05) is 60.7 Å². The maximum atomic E-state index is 13.4. The second-order valence-electron chi connectivity index (χ2n) is 14.9. The van der Waals surface area contributed by atoms with Crippen LogP contribution in [0.1, 0.15) is 53.3 Å². The lowest BCUT2D eigenvalue weighted by atomic mass is 9.86. The minimum Gasteiger partial charge on any atom is -0.423 e. The van der Waals surface area contributed by atoms with Crippen LogP contribution in [0.25, 0.3) is 16.5 Å². The van der Waals surface area contributed by atoms with E-state index in [1.807, 2.05) is 91.5 Å². The molecular formula is C47H45N7O2. The van der Waals surface area contributed by atoms with Crippen LogP contribution >= 0.6 is 0 Å². The molecule has 0 aliphatic carbocycles. The average Bonchev–Trinajstić information content (AvgIpc) is 3.20. The molecule has 0 unspecified atom stereocenters. The Morgan fingerprint density at radius 1 is 0.589 bits per heavy atom. The standard InChI is InChI=1S/C47H45N7O2/c1-47(2)27-37(30-53(33-40-18-8-12-22-50-40)34-41-19-9-13-23-51-41)42-25-43-36(29-52(31-38-16-6-10-20-48-38)32-39-17-7-11-21-49-39)24-46(55)56-45(43)26-44(42)54(47)28-35-14-4-3-5-15-35/h3-27H,28-34H2,1-2H3. The predicted octanol–water partition coefficient (Wildman–Crippen LogP) is 8.46. The topological polar surface area (TPSA) is 91.5 Å². The first-order valence-corrected chi connectivity index (χ1v) is 19.1. The lowest BCUT2D eigenvalue weighted by Crippen LogP contribution is -2.45. The number of benzene rings is 2. The maximum absolute atomic E-state index is 13.4. The summed E-state index contributed by atoms with van der Waals surface area (Å²) in [6, 6.07) is 40.5. The Labute approximate surface area is 327 Å². The Morgan fingerprint density at radius 3 is 1.59 bits per heavy atom. The Morgan fingerprint density at radius 2 is 1.09 bits per heavy atom. The summed E-state index contributed by atoms with van der Waals surface area (Å²) in [5.74, 6) is 0. The summed E-state index contributed by atoms with van der Waals surface area (Å²) in [5.41, 5.74) is 9.12. The molecular weight excluding hydrogens is 695 g/mol. The molecule has 1 aliphatic rings. The molecule has 0 saturated heterocycles. The highest BCUT2D eigenvalue weighted by Crippen LogP contribution is 2.43. The number of fused-ring (bicyclic) bond motifs is 2. The Hall–Kier alpha value is -6.29. The van der Waals surface area contributed by atoms with Gasteiger partial charge < -0.3 is 9.32 Å². The Balaban J connectivity index is 1.23.